The SMILES string of the molecule is CCC1CCCCN1c1ccnc(Nc2ccccc2Cl)n1. The Morgan fingerprint density at radius 1 is 1.27 bits per heavy atom. The highest BCUT2D eigenvalue weighted by molar-refractivity contribution is 6.33. The monoisotopic (exact) mass is 316 g/mol. The van der Waals surface area contributed by atoms with E-state index in [4.69, 9.17) is 11.6 Å². The van der Waals surface area contributed by atoms with E-state index in [0.717, 1.165) is 24.5 Å². The van der Waals surface area contributed by atoms with Gasteiger partial charge in [-0.1, -0.05) is 30.7 Å². The zero-order chi connectivity index (χ0) is 15.4. The Hall–Kier alpha value is -1.81. The van der Waals surface area contributed by atoms with Crippen molar-refractivity contribution < 1.29 is 0 Å². The number of anilines is 3. The Kier molecular flexibility index (Phi) is 4.78. The van der Waals surface area contributed by atoms with E-state index in [1.165, 1.54) is 19.3 Å². The van der Waals surface area contributed by atoms with Gasteiger partial charge in [0.2, 0.25) is 5.95 Å². The first kappa shape index (κ1) is 15.1. The zero-order valence-corrected chi connectivity index (χ0v) is 13.6. The molecular formula is C17H21ClN4. The number of benzene rings is 1. The lowest BCUT2D eigenvalue weighted by Gasteiger charge is -2.36. The summed E-state index contributed by atoms with van der Waals surface area (Å²) >= 11 is 6.18. The predicted molar refractivity (Wildman–Crippen MR) is 92.0 cm³/mol. The molecule has 0 spiro atoms. The minimum Gasteiger partial charge on any atom is -0.353 e. The second kappa shape index (κ2) is 6.97. The first-order chi connectivity index (χ1) is 10.8. The lowest BCUT2D eigenvalue weighted by atomic mass is 10.0. The van der Waals surface area contributed by atoms with Gasteiger partial charge < -0.3 is 10.2 Å². The van der Waals surface area contributed by atoms with Crippen molar-refractivity contribution in [3.63, 3.8) is 0 Å². The van der Waals surface area contributed by atoms with E-state index in [-0.39, 0.29) is 0 Å². The van der Waals surface area contributed by atoms with Gasteiger partial charge >= 0.3 is 0 Å². The smallest absolute Gasteiger partial charge is 0.229 e. The van der Waals surface area contributed by atoms with E-state index >= 15 is 0 Å². The van der Waals surface area contributed by atoms with Crippen LogP contribution >= 0.6 is 11.6 Å². The second-order valence-electron chi connectivity index (χ2n) is 5.59. The molecule has 1 aromatic heterocycles. The fourth-order valence-corrected chi connectivity index (χ4v) is 3.16. The van der Waals surface area contributed by atoms with Crippen LogP contribution in [0.3, 0.4) is 0 Å². The number of piperidine rings is 1. The molecule has 1 atom stereocenters. The highest BCUT2D eigenvalue weighted by atomic mass is 35.5. The van der Waals surface area contributed by atoms with Crippen LogP contribution in [0.15, 0.2) is 36.5 Å². The van der Waals surface area contributed by atoms with Crippen molar-refractivity contribution >= 4 is 29.1 Å². The van der Waals surface area contributed by atoms with Gasteiger partial charge in [0.15, 0.2) is 0 Å². The molecule has 5 heteroatoms. The molecule has 0 radical (unpaired) electrons. The molecule has 0 saturated carbocycles. The molecule has 1 aromatic carbocycles. The number of nitrogens with one attached hydrogen (secondary N) is 1. The second-order valence-corrected chi connectivity index (χ2v) is 6.00. The zero-order valence-electron chi connectivity index (χ0n) is 12.8. The summed E-state index contributed by atoms with van der Waals surface area (Å²) in [6.45, 7) is 3.31. The molecule has 2 aromatic rings. The predicted octanol–water partition coefficient (Wildman–Crippen LogP) is 4.64. The quantitative estimate of drug-likeness (QED) is 0.892. The lowest BCUT2D eigenvalue weighted by Crippen LogP contribution is -2.39. The Balaban J connectivity index is 1.82. The van der Waals surface area contributed by atoms with Crippen molar-refractivity contribution in [3.05, 3.63) is 41.6 Å². The van der Waals surface area contributed by atoms with Crippen LogP contribution < -0.4 is 10.2 Å². The van der Waals surface area contributed by atoms with Crippen LogP contribution in [-0.2, 0) is 0 Å². The normalized spacial score (nSPS) is 18.3. The van der Waals surface area contributed by atoms with E-state index in [1.54, 1.807) is 0 Å². The third kappa shape index (κ3) is 3.33. The van der Waals surface area contributed by atoms with E-state index < -0.39 is 0 Å². The number of para-hydroxylation sites is 1. The van der Waals surface area contributed by atoms with Crippen LogP contribution in [0.4, 0.5) is 17.5 Å². The van der Waals surface area contributed by atoms with Gasteiger partial charge in [-0.25, -0.2) is 4.98 Å². The van der Waals surface area contributed by atoms with E-state index in [1.807, 2.05) is 36.5 Å². The fourth-order valence-electron chi connectivity index (χ4n) is 2.98. The van der Waals surface area contributed by atoms with Crippen molar-refractivity contribution in [2.24, 2.45) is 0 Å². The van der Waals surface area contributed by atoms with E-state index in [0.29, 0.717) is 17.0 Å². The molecule has 1 aliphatic rings. The lowest BCUT2D eigenvalue weighted by molar-refractivity contribution is 0.447. The first-order valence-corrected chi connectivity index (χ1v) is 8.27. The number of hydrogen-bond donors (Lipinski definition) is 1. The Bertz CT molecular complexity index is 632. The topological polar surface area (TPSA) is 41.1 Å². The molecule has 2 heterocycles. The summed E-state index contributed by atoms with van der Waals surface area (Å²) in [6, 6.07) is 10.2. The molecule has 1 aliphatic heterocycles. The van der Waals surface area contributed by atoms with Gasteiger partial charge in [-0.3, -0.25) is 0 Å². The van der Waals surface area contributed by atoms with Gasteiger partial charge in [0.25, 0.3) is 0 Å². The van der Waals surface area contributed by atoms with Gasteiger partial charge in [-0.2, -0.15) is 4.98 Å². The van der Waals surface area contributed by atoms with Gasteiger partial charge in [0, 0.05) is 18.8 Å². The minimum atomic E-state index is 0.580. The van der Waals surface area contributed by atoms with Crippen molar-refractivity contribution in [1.82, 2.24) is 9.97 Å². The van der Waals surface area contributed by atoms with Crippen LogP contribution in [-0.4, -0.2) is 22.6 Å². The van der Waals surface area contributed by atoms with Crippen molar-refractivity contribution in [1.29, 1.82) is 0 Å². The Labute approximate surface area is 136 Å². The maximum Gasteiger partial charge on any atom is 0.229 e. The van der Waals surface area contributed by atoms with Crippen molar-refractivity contribution in [2.45, 2.75) is 38.6 Å². The molecule has 22 heavy (non-hydrogen) atoms. The van der Waals surface area contributed by atoms with E-state index in [2.05, 4.69) is 27.1 Å². The molecule has 1 fully saturated rings. The van der Waals surface area contributed by atoms with Crippen molar-refractivity contribution in [3.8, 4) is 0 Å². The number of rotatable bonds is 4. The molecule has 0 amide bonds. The van der Waals surface area contributed by atoms with Gasteiger partial charge in [-0.15, -0.1) is 0 Å². The summed E-state index contributed by atoms with van der Waals surface area (Å²) < 4.78 is 0. The van der Waals surface area contributed by atoms with Gasteiger partial charge in [0.05, 0.1) is 10.7 Å². The highest BCUT2D eigenvalue weighted by Gasteiger charge is 2.22. The maximum atomic E-state index is 6.18. The molecule has 4 nitrogen and oxygen atoms in total. The molecule has 0 aliphatic carbocycles. The third-order valence-corrected chi connectivity index (χ3v) is 4.48. The number of aromatic nitrogens is 2. The van der Waals surface area contributed by atoms with Crippen LogP contribution in [0.25, 0.3) is 0 Å². The summed E-state index contributed by atoms with van der Waals surface area (Å²) in [7, 11) is 0. The van der Waals surface area contributed by atoms with Crippen LogP contribution in [0.1, 0.15) is 32.6 Å². The fraction of sp³-hybridized carbons (Fsp3) is 0.412. The summed E-state index contributed by atoms with van der Waals surface area (Å²) in [5.74, 6) is 1.59. The average molecular weight is 317 g/mol. The molecule has 0 bridgehead atoms. The molecule has 1 unspecified atom stereocenters. The summed E-state index contributed by atoms with van der Waals surface area (Å²) in [5, 5.41) is 3.87. The van der Waals surface area contributed by atoms with Crippen molar-refractivity contribution in [2.75, 3.05) is 16.8 Å². The summed E-state index contributed by atoms with van der Waals surface area (Å²) in [4.78, 5) is 11.4. The summed E-state index contributed by atoms with van der Waals surface area (Å²) in [6.07, 6.45) is 6.74. The molecule has 3 rings (SSSR count). The van der Waals surface area contributed by atoms with Gasteiger partial charge in [0.1, 0.15) is 5.82 Å². The maximum absolute atomic E-state index is 6.18. The average Bonchev–Trinajstić information content (AvgIpc) is 2.57. The molecule has 116 valence electrons. The van der Waals surface area contributed by atoms with Crippen LogP contribution in [0, 0.1) is 0 Å². The molecular weight excluding hydrogens is 296 g/mol. The summed E-state index contributed by atoms with van der Waals surface area (Å²) in [5.41, 5.74) is 0.826. The number of nitrogens with zero attached hydrogens (tertiary/aromatic N) is 3. The van der Waals surface area contributed by atoms with Crippen LogP contribution in [0.5, 0.6) is 0 Å². The first-order valence-electron chi connectivity index (χ1n) is 7.89. The molecule has 1 N–H and O–H groups in total. The molecule has 1 saturated heterocycles. The number of halogens is 1. The Morgan fingerprint density at radius 2 is 2.14 bits per heavy atom. The highest BCUT2D eigenvalue weighted by Crippen LogP contribution is 2.27. The van der Waals surface area contributed by atoms with Crippen LogP contribution in [0.2, 0.25) is 5.02 Å². The Morgan fingerprint density at radius 3 is 2.95 bits per heavy atom. The van der Waals surface area contributed by atoms with E-state index in [9.17, 15) is 0 Å². The van der Waals surface area contributed by atoms with Gasteiger partial charge in [-0.05, 0) is 43.9 Å². The largest absolute Gasteiger partial charge is 0.353 e. The third-order valence-electron chi connectivity index (χ3n) is 4.15. The number of hydrogen-bond acceptors (Lipinski definition) is 4. The minimum absolute atomic E-state index is 0.580. The standard InChI is InChI=1S/C17H21ClN4/c1-2-13-7-5-6-12-22(13)16-10-11-19-17(21-16)20-15-9-4-3-8-14(15)18/h3-4,8-11,13H,2,5-7,12H2,1H3,(H,19,20,21).